The molecular weight excluding hydrogens is 401 g/mol. The molecule has 23 heavy (non-hydrogen) atoms. The summed E-state index contributed by atoms with van der Waals surface area (Å²) in [5.41, 5.74) is 0. The maximum atomic E-state index is 4.43. The molecule has 128 valence electrons. The number of halogens is 1. The number of hydrogen-bond acceptors (Lipinski definition) is 3. The highest BCUT2D eigenvalue weighted by Crippen LogP contribution is 2.17. The summed E-state index contributed by atoms with van der Waals surface area (Å²) in [6, 6.07) is 6.56. The average Bonchev–Trinajstić information content (AvgIpc) is 2.59. The molecule has 0 bridgehead atoms. The van der Waals surface area contributed by atoms with Gasteiger partial charge in [0.25, 0.3) is 0 Å². The van der Waals surface area contributed by atoms with Gasteiger partial charge in [0.1, 0.15) is 5.82 Å². The lowest BCUT2D eigenvalue weighted by atomic mass is 10.1. The van der Waals surface area contributed by atoms with E-state index >= 15 is 0 Å². The third-order valence-corrected chi connectivity index (χ3v) is 3.87. The Balaban J connectivity index is 0.00000264. The van der Waals surface area contributed by atoms with Gasteiger partial charge >= 0.3 is 0 Å². The van der Waals surface area contributed by atoms with Crippen LogP contribution in [0.3, 0.4) is 0 Å². The van der Waals surface area contributed by atoms with Crippen molar-refractivity contribution in [1.82, 2.24) is 15.6 Å². The highest BCUT2D eigenvalue weighted by atomic mass is 127. The van der Waals surface area contributed by atoms with Crippen LogP contribution in [0.1, 0.15) is 26.2 Å². The van der Waals surface area contributed by atoms with Gasteiger partial charge in [-0.15, -0.1) is 24.0 Å². The first kappa shape index (κ1) is 19.7. The minimum atomic E-state index is 0. The summed E-state index contributed by atoms with van der Waals surface area (Å²) in [7, 11) is 1.83. The van der Waals surface area contributed by atoms with Gasteiger partial charge in [-0.1, -0.05) is 18.2 Å². The Hall–Kier alpha value is -1.31. The summed E-state index contributed by atoms with van der Waals surface area (Å²) in [5, 5.41) is 6.88. The maximum Gasteiger partial charge on any atom is 0.191 e. The number of nitrogens with one attached hydrogen (secondary N) is 2. The van der Waals surface area contributed by atoms with Crippen LogP contribution in [0.25, 0.3) is 0 Å². The van der Waals surface area contributed by atoms with E-state index in [0.717, 1.165) is 50.7 Å². The second-order valence-electron chi connectivity index (χ2n) is 5.45. The Bertz CT molecular complexity index is 481. The molecule has 1 fully saturated rings. The summed E-state index contributed by atoms with van der Waals surface area (Å²) in [5.74, 6) is 1.98. The van der Waals surface area contributed by atoms with Crippen LogP contribution < -0.4 is 15.5 Å². The van der Waals surface area contributed by atoms with Gasteiger partial charge in [0.05, 0.1) is 0 Å². The highest BCUT2D eigenvalue weighted by Gasteiger charge is 2.20. The van der Waals surface area contributed by atoms with Gasteiger partial charge in [-0.25, -0.2) is 4.98 Å². The summed E-state index contributed by atoms with van der Waals surface area (Å²) in [6.07, 6.45) is 9.32. The van der Waals surface area contributed by atoms with Gasteiger partial charge in [-0.2, -0.15) is 0 Å². The van der Waals surface area contributed by atoms with Crippen molar-refractivity contribution >= 4 is 35.8 Å². The fraction of sp³-hybridized carbons (Fsp3) is 0.529. The Morgan fingerprint density at radius 3 is 2.78 bits per heavy atom. The van der Waals surface area contributed by atoms with Gasteiger partial charge in [0.2, 0.25) is 0 Å². The first-order valence-electron chi connectivity index (χ1n) is 8.08. The van der Waals surface area contributed by atoms with Gasteiger partial charge in [0.15, 0.2) is 5.96 Å². The molecule has 0 atom stereocenters. The first-order chi connectivity index (χ1) is 10.8. The van der Waals surface area contributed by atoms with E-state index < -0.39 is 0 Å². The van der Waals surface area contributed by atoms with Crippen molar-refractivity contribution in [2.45, 2.75) is 32.2 Å². The zero-order chi connectivity index (χ0) is 15.6. The van der Waals surface area contributed by atoms with E-state index in [2.05, 4.69) is 43.7 Å². The minimum Gasteiger partial charge on any atom is -0.356 e. The summed E-state index contributed by atoms with van der Waals surface area (Å²) < 4.78 is 0. The minimum absolute atomic E-state index is 0. The van der Waals surface area contributed by atoms with E-state index in [-0.39, 0.29) is 24.0 Å². The molecule has 0 aromatic carbocycles. The predicted octanol–water partition coefficient (Wildman–Crippen LogP) is 2.80. The molecule has 2 rings (SSSR count). The molecule has 2 N–H and O–H groups in total. The van der Waals surface area contributed by atoms with Crippen molar-refractivity contribution in [2.75, 3.05) is 31.6 Å². The molecule has 0 unspecified atom stereocenters. The molecule has 0 spiro atoms. The van der Waals surface area contributed by atoms with Crippen LogP contribution in [0.4, 0.5) is 5.82 Å². The van der Waals surface area contributed by atoms with Crippen molar-refractivity contribution in [3.8, 4) is 0 Å². The van der Waals surface area contributed by atoms with Crippen LogP contribution in [-0.2, 0) is 0 Å². The zero-order valence-electron chi connectivity index (χ0n) is 14.0. The van der Waals surface area contributed by atoms with Gasteiger partial charge in [-0.3, -0.25) is 4.99 Å². The molecule has 1 aliphatic heterocycles. The zero-order valence-corrected chi connectivity index (χ0v) is 16.4. The lowest BCUT2D eigenvalue weighted by Crippen LogP contribution is -2.49. The molecule has 1 aromatic heterocycles. The normalized spacial score (nSPS) is 16.3. The van der Waals surface area contributed by atoms with Crippen molar-refractivity contribution in [2.24, 2.45) is 4.99 Å². The lowest BCUT2D eigenvalue weighted by Gasteiger charge is -2.33. The lowest BCUT2D eigenvalue weighted by molar-refractivity contribution is 0.460. The SMILES string of the molecule is CC=CCCNC(=NC)NC1CCN(c2ccccn2)CC1.I. The number of guanidine groups is 1. The molecule has 0 amide bonds. The van der Waals surface area contributed by atoms with Crippen molar-refractivity contribution < 1.29 is 0 Å². The van der Waals surface area contributed by atoms with Crippen LogP contribution in [0.2, 0.25) is 0 Å². The standard InChI is InChI=1S/C17H27N5.HI/c1-3-4-6-12-20-17(18-2)21-15-9-13-22(14-10-15)16-8-5-7-11-19-16;/h3-5,7-8,11,15H,6,9-10,12-14H2,1-2H3,(H2,18,20,21);1H. The Morgan fingerprint density at radius 2 is 2.17 bits per heavy atom. The van der Waals surface area contributed by atoms with Gasteiger partial charge < -0.3 is 15.5 Å². The Kier molecular flexibility index (Phi) is 9.66. The number of aliphatic imine (C=N–C) groups is 1. The summed E-state index contributed by atoms with van der Waals surface area (Å²) >= 11 is 0. The quantitative estimate of drug-likeness (QED) is 0.249. The largest absolute Gasteiger partial charge is 0.356 e. The number of anilines is 1. The monoisotopic (exact) mass is 429 g/mol. The number of allylic oxidation sites excluding steroid dienone is 1. The van der Waals surface area contributed by atoms with E-state index in [4.69, 9.17) is 0 Å². The maximum absolute atomic E-state index is 4.43. The second-order valence-corrected chi connectivity index (χ2v) is 5.45. The van der Waals surface area contributed by atoms with E-state index in [1.54, 1.807) is 0 Å². The topological polar surface area (TPSA) is 52.6 Å². The third kappa shape index (κ3) is 6.76. The average molecular weight is 429 g/mol. The predicted molar refractivity (Wildman–Crippen MR) is 109 cm³/mol. The molecule has 0 radical (unpaired) electrons. The van der Waals surface area contributed by atoms with Crippen molar-refractivity contribution in [3.05, 3.63) is 36.5 Å². The fourth-order valence-corrected chi connectivity index (χ4v) is 2.62. The number of rotatable bonds is 5. The van der Waals surface area contributed by atoms with Gasteiger partial charge in [0, 0.05) is 38.9 Å². The van der Waals surface area contributed by atoms with Crippen LogP contribution in [0, 0.1) is 0 Å². The molecule has 1 aliphatic rings. The van der Waals surface area contributed by atoms with Crippen LogP contribution >= 0.6 is 24.0 Å². The smallest absolute Gasteiger partial charge is 0.191 e. The van der Waals surface area contributed by atoms with Crippen LogP contribution in [0.15, 0.2) is 41.5 Å². The van der Waals surface area contributed by atoms with E-state index in [9.17, 15) is 0 Å². The molecule has 1 saturated heterocycles. The van der Waals surface area contributed by atoms with E-state index in [1.165, 1.54) is 0 Å². The fourth-order valence-electron chi connectivity index (χ4n) is 2.62. The summed E-state index contributed by atoms with van der Waals surface area (Å²) in [4.78, 5) is 11.1. The molecule has 0 aliphatic carbocycles. The summed E-state index contributed by atoms with van der Waals surface area (Å²) in [6.45, 7) is 5.02. The number of nitrogens with zero attached hydrogens (tertiary/aromatic N) is 3. The second kappa shape index (κ2) is 11.3. The molecule has 0 saturated carbocycles. The molecule has 6 heteroatoms. The van der Waals surface area contributed by atoms with Crippen LogP contribution in [0.5, 0.6) is 0 Å². The van der Waals surface area contributed by atoms with Crippen LogP contribution in [-0.4, -0.2) is 43.7 Å². The molecule has 2 heterocycles. The number of aromatic nitrogens is 1. The number of hydrogen-bond donors (Lipinski definition) is 2. The first-order valence-corrected chi connectivity index (χ1v) is 8.08. The third-order valence-electron chi connectivity index (χ3n) is 3.87. The number of pyridine rings is 1. The Labute approximate surface area is 156 Å². The highest BCUT2D eigenvalue weighted by molar-refractivity contribution is 14.0. The van der Waals surface area contributed by atoms with E-state index in [0.29, 0.717) is 6.04 Å². The molecule has 1 aromatic rings. The number of piperidine rings is 1. The van der Waals surface area contributed by atoms with Crippen molar-refractivity contribution in [1.29, 1.82) is 0 Å². The van der Waals surface area contributed by atoms with Crippen molar-refractivity contribution in [3.63, 3.8) is 0 Å². The Morgan fingerprint density at radius 1 is 1.39 bits per heavy atom. The molecule has 5 nitrogen and oxygen atoms in total. The van der Waals surface area contributed by atoms with E-state index in [1.807, 2.05) is 32.3 Å². The van der Waals surface area contributed by atoms with Gasteiger partial charge in [-0.05, 0) is 38.3 Å². The molecular formula is C17H28IN5.